The summed E-state index contributed by atoms with van der Waals surface area (Å²) in [6.45, 7) is 0. The number of para-hydroxylation sites is 1. The average molecular weight is 346 g/mol. The van der Waals surface area contributed by atoms with Crippen molar-refractivity contribution in [3.8, 4) is 0 Å². The summed E-state index contributed by atoms with van der Waals surface area (Å²) in [6, 6.07) is 11.2. The van der Waals surface area contributed by atoms with Crippen molar-refractivity contribution in [3.05, 3.63) is 70.3 Å². The summed E-state index contributed by atoms with van der Waals surface area (Å²) in [5.41, 5.74) is 2.45. The van der Waals surface area contributed by atoms with E-state index in [2.05, 4.69) is 26.2 Å². The van der Waals surface area contributed by atoms with Gasteiger partial charge in [0.2, 0.25) is 0 Å². The summed E-state index contributed by atoms with van der Waals surface area (Å²) in [6.07, 6.45) is 2.84. The minimum atomic E-state index is -0.357. The van der Waals surface area contributed by atoms with Crippen LogP contribution in [0.15, 0.2) is 53.3 Å². The first-order valence-electron chi connectivity index (χ1n) is 6.52. The molecular weight excluding hydrogens is 333 g/mol. The van der Waals surface area contributed by atoms with Gasteiger partial charge < -0.3 is 5.32 Å². The number of pyridine rings is 2. The number of hydrogen-bond donors (Lipinski definition) is 1. The summed E-state index contributed by atoms with van der Waals surface area (Å²) in [7, 11) is 1.82. The van der Waals surface area contributed by atoms with Crippen LogP contribution in [0.2, 0.25) is 0 Å². The number of nitrogens with zero attached hydrogens (tertiary/aromatic N) is 2. The molecule has 2 aromatic heterocycles. The molecule has 0 bridgehead atoms. The maximum Gasteiger partial charge on any atom is 0.141 e. The van der Waals surface area contributed by atoms with Gasteiger partial charge in [-0.1, -0.05) is 18.2 Å². The smallest absolute Gasteiger partial charge is 0.141 e. The van der Waals surface area contributed by atoms with Crippen LogP contribution in [0.3, 0.4) is 0 Å². The topological polar surface area (TPSA) is 37.8 Å². The van der Waals surface area contributed by atoms with Gasteiger partial charge in [-0.05, 0) is 46.7 Å². The van der Waals surface area contributed by atoms with Gasteiger partial charge in [0.15, 0.2) is 0 Å². The van der Waals surface area contributed by atoms with Crippen molar-refractivity contribution in [2.24, 2.45) is 0 Å². The quantitative estimate of drug-likeness (QED) is 0.783. The molecule has 0 amide bonds. The SMILES string of the molecule is CNC(c1cncc(F)c1)c1nc2ccccc2cc1Br. The Bertz CT molecular complexity index is 791. The first-order valence-corrected chi connectivity index (χ1v) is 7.31. The Hall–Kier alpha value is -1.85. The Kier molecular flexibility index (Phi) is 3.94. The van der Waals surface area contributed by atoms with Crippen LogP contribution in [0.4, 0.5) is 4.39 Å². The monoisotopic (exact) mass is 345 g/mol. The van der Waals surface area contributed by atoms with E-state index in [1.165, 1.54) is 12.3 Å². The molecule has 1 unspecified atom stereocenters. The highest BCUT2D eigenvalue weighted by atomic mass is 79.9. The molecular formula is C16H13BrFN3. The summed E-state index contributed by atoms with van der Waals surface area (Å²) >= 11 is 3.56. The molecule has 3 nitrogen and oxygen atoms in total. The van der Waals surface area contributed by atoms with Crippen molar-refractivity contribution in [2.45, 2.75) is 6.04 Å². The van der Waals surface area contributed by atoms with Crippen LogP contribution < -0.4 is 5.32 Å². The lowest BCUT2D eigenvalue weighted by Crippen LogP contribution is -2.20. The highest BCUT2D eigenvalue weighted by Gasteiger charge is 2.18. The van der Waals surface area contributed by atoms with Crippen LogP contribution in [-0.4, -0.2) is 17.0 Å². The van der Waals surface area contributed by atoms with Crippen molar-refractivity contribution in [3.63, 3.8) is 0 Å². The van der Waals surface area contributed by atoms with Crippen LogP contribution in [0.25, 0.3) is 10.9 Å². The van der Waals surface area contributed by atoms with Gasteiger partial charge >= 0.3 is 0 Å². The third-order valence-electron chi connectivity index (χ3n) is 3.33. The molecule has 5 heteroatoms. The standard InChI is InChI=1S/C16H13BrFN3/c1-19-15(11-6-12(18)9-20-8-11)16-13(17)7-10-4-2-3-5-14(10)21-16/h2-9,15,19H,1H3. The lowest BCUT2D eigenvalue weighted by atomic mass is 10.0. The molecule has 1 atom stereocenters. The van der Waals surface area contributed by atoms with Crippen molar-refractivity contribution < 1.29 is 4.39 Å². The Morgan fingerprint density at radius 3 is 2.76 bits per heavy atom. The van der Waals surface area contributed by atoms with Crippen molar-refractivity contribution in [1.82, 2.24) is 15.3 Å². The van der Waals surface area contributed by atoms with Gasteiger partial charge in [-0.3, -0.25) is 4.98 Å². The van der Waals surface area contributed by atoms with E-state index in [0.717, 1.165) is 26.6 Å². The third kappa shape index (κ3) is 2.80. The highest BCUT2D eigenvalue weighted by Crippen LogP contribution is 2.29. The molecule has 0 spiro atoms. The van der Waals surface area contributed by atoms with E-state index in [4.69, 9.17) is 4.98 Å². The minimum absolute atomic E-state index is 0.229. The van der Waals surface area contributed by atoms with Crippen LogP contribution in [-0.2, 0) is 0 Å². The van der Waals surface area contributed by atoms with Crippen LogP contribution in [0, 0.1) is 5.82 Å². The van der Waals surface area contributed by atoms with Crippen LogP contribution in [0.1, 0.15) is 17.3 Å². The molecule has 0 fully saturated rings. The number of nitrogens with one attached hydrogen (secondary N) is 1. The van der Waals surface area contributed by atoms with Gasteiger partial charge in [0.05, 0.1) is 23.4 Å². The normalized spacial score (nSPS) is 12.5. The minimum Gasteiger partial charge on any atom is -0.308 e. The molecule has 1 aromatic carbocycles. The zero-order valence-electron chi connectivity index (χ0n) is 11.3. The maximum absolute atomic E-state index is 13.4. The van der Waals surface area contributed by atoms with E-state index in [-0.39, 0.29) is 11.9 Å². The van der Waals surface area contributed by atoms with Gasteiger partial charge in [-0.15, -0.1) is 0 Å². The molecule has 0 aliphatic heterocycles. The van der Waals surface area contributed by atoms with E-state index in [0.29, 0.717) is 0 Å². The van der Waals surface area contributed by atoms with E-state index in [1.54, 1.807) is 6.20 Å². The van der Waals surface area contributed by atoms with E-state index < -0.39 is 0 Å². The fourth-order valence-corrected chi connectivity index (χ4v) is 2.92. The van der Waals surface area contributed by atoms with Gasteiger partial charge in [0, 0.05) is 16.1 Å². The summed E-state index contributed by atoms with van der Waals surface area (Å²) in [4.78, 5) is 8.60. The molecule has 1 N–H and O–H groups in total. The Morgan fingerprint density at radius 1 is 1.19 bits per heavy atom. The molecule has 106 valence electrons. The predicted octanol–water partition coefficient (Wildman–Crippen LogP) is 3.84. The number of halogens is 2. The second-order valence-electron chi connectivity index (χ2n) is 4.71. The van der Waals surface area contributed by atoms with Crippen LogP contribution in [0.5, 0.6) is 0 Å². The van der Waals surface area contributed by atoms with Gasteiger partial charge in [-0.2, -0.15) is 0 Å². The molecule has 21 heavy (non-hydrogen) atoms. The maximum atomic E-state index is 13.4. The summed E-state index contributed by atoms with van der Waals surface area (Å²) in [5.74, 6) is -0.357. The number of benzene rings is 1. The van der Waals surface area contributed by atoms with Gasteiger partial charge in [0.25, 0.3) is 0 Å². The fourth-order valence-electron chi connectivity index (χ4n) is 2.35. The average Bonchev–Trinajstić information content (AvgIpc) is 2.48. The zero-order chi connectivity index (χ0) is 14.8. The molecule has 0 saturated heterocycles. The lowest BCUT2D eigenvalue weighted by Gasteiger charge is -2.18. The Morgan fingerprint density at radius 2 is 2.00 bits per heavy atom. The molecule has 0 aliphatic carbocycles. The molecule has 0 aliphatic rings. The molecule has 2 heterocycles. The fraction of sp³-hybridized carbons (Fsp3) is 0.125. The van der Waals surface area contributed by atoms with E-state index >= 15 is 0 Å². The summed E-state index contributed by atoms with van der Waals surface area (Å²) in [5, 5.41) is 4.22. The first kappa shape index (κ1) is 14.1. The molecule has 3 aromatic rings. The van der Waals surface area contributed by atoms with Crippen molar-refractivity contribution >= 4 is 26.8 Å². The lowest BCUT2D eigenvalue weighted by molar-refractivity contribution is 0.605. The number of fused-ring (bicyclic) bond motifs is 1. The van der Waals surface area contributed by atoms with Crippen molar-refractivity contribution in [2.75, 3.05) is 7.05 Å². The first-order chi connectivity index (χ1) is 10.2. The van der Waals surface area contributed by atoms with Gasteiger partial charge in [-0.25, -0.2) is 9.37 Å². The number of aromatic nitrogens is 2. The molecule has 3 rings (SSSR count). The second kappa shape index (κ2) is 5.87. The largest absolute Gasteiger partial charge is 0.308 e. The highest BCUT2D eigenvalue weighted by molar-refractivity contribution is 9.10. The van der Waals surface area contributed by atoms with Crippen LogP contribution >= 0.6 is 15.9 Å². The Labute approximate surface area is 130 Å². The van der Waals surface area contributed by atoms with Gasteiger partial charge in [0.1, 0.15) is 5.82 Å². The van der Waals surface area contributed by atoms with E-state index in [1.807, 2.05) is 37.4 Å². The number of rotatable bonds is 3. The number of hydrogen-bond acceptors (Lipinski definition) is 3. The summed E-state index contributed by atoms with van der Waals surface area (Å²) < 4.78 is 14.3. The molecule has 0 radical (unpaired) electrons. The molecule has 0 saturated carbocycles. The second-order valence-corrected chi connectivity index (χ2v) is 5.56. The van der Waals surface area contributed by atoms with E-state index in [9.17, 15) is 4.39 Å². The Balaban J connectivity index is 2.14. The van der Waals surface area contributed by atoms with Crippen molar-refractivity contribution in [1.29, 1.82) is 0 Å². The third-order valence-corrected chi connectivity index (χ3v) is 3.96. The zero-order valence-corrected chi connectivity index (χ0v) is 12.9. The predicted molar refractivity (Wildman–Crippen MR) is 84.5 cm³/mol.